The fraction of sp³-hybridized carbons (Fsp3) is 0.636. The number of rotatable bonds is 7. The summed E-state index contributed by atoms with van der Waals surface area (Å²) in [5.74, 6) is 0.220. The molecular weight excluding hydrogens is 256 g/mol. The SMILES string of the molecule is CNCc1ccc(CN(C)CCS(C)(=O)=O)s1. The molecule has 1 N–H and O–H groups in total. The van der Waals surface area contributed by atoms with Gasteiger partial charge in [-0.25, -0.2) is 8.42 Å². The van der Waals surface area contributed by atoms with Crippen molar-refractivity contribution in [3.05, 3.63) is 21.9 Å². The number of nitrogens with one attached hydrogen (secondary N) is 1. The molecule has 0 unspecified atom stereocenters. The highest BCUT2D eigenvalue weighted by Crippen LogP contribution is 2.17. The lowest BCUT2D eigenvalue weighted by molar-refractivity contribution is 0.349. The fourth-order valence-corrected chi connectivity index (χ4v) is 3.20. The normalized spacial score (nSPS) is 12.2. The van der Waals surface area contributed by atoms with Crippen LogP contribution < -0.4 is 5.32 Å². The Labute approximate surface area is 108 Å². The van der Waals surface area contributed by atoms with Crippen LogP contribution >= 0.6 is 11.3 Å². The van der Waals surface area contributed by atoms with Crippen molar-refractivity contribution in [2.24, 2.45) is 0 Å². The third-order valence-corrected chi connectivity index (χ3v) is 4.33. The van der Waals surface area contributed by atoms with Crippen LogP contribution in [0, 0.1) is 0 Å². The zero-order valence-corrected chi connectivity index (χ0v) is 12.2. The summed E-state index contributed by atoms with van der Waals surface area (Å²) in [6.07, 6.45) is 1.27. The molecule has 0 aliphatic carbocycles. The maximum absolute atomic E-state index is 11.0. The van der Waals surface area contributed by atoms with Crippen LogP contribution in [0.1, 0.15) is 9.75 Å². The molecule has 0 spiro atoms. The average Bonchev–Trinajstić information content (AvgIpc) is 2.62. The second-order valence-electron chi connectivity index (χ2n) is 4.27. The van der Waals surface area contributed by atoms with Gasteiger partial charge >= 0.3 is 0 Å². The van der Waals surface area contributed by atoms with Crippen LogP contribution in [0.4, 0.5) is 0 Å². The first-order valence-electron chi connectivity index (χ1n) is 5.49. The standard InChI is InChI=1S/C11H20N2O2S2/c1-12-8-10-4-5-11(16-10)9-13(2)6-7-17(3,14)15/h4-5,12H,6-9H2,1-3H3. The molecule has 0 bridgehead atoms. The summed E-state index contributed by atoms with van der Waals surface area (Å²) in [7, 11) is 1.01. The van der Waals surface area contributed by atoms with E-state index in [-0.39, 0.29) is 5.75 Å². The molecule has 0 aliphatic rings. The van der Waals surface area contributed by atoms with Gasteiger partial charge in [0.15, 0.2) is 0 Å². The van der Waals surface area contributed by atoms with Gasteiger partial charge in [0.2, 0.25) is 0 Å². The molecule has 1 rings (SSSR count). The molecule has 17 heavy (non-hydrogen) atoms. The number of thiophene rings is 1. The van der Waals surface area contributed by atoms with Gasteiger partial charge in [-0.1, -0.05) is 0 Å². The van der Waals surface area contributed by atoms with Gasteiger partial charge in [-0.05, 0) is 26.2 Å². The van der Waals surface area contributed by atoms with Crippen LogP contribution in [0.15, 0.2) is 12.1 Å². The van der Waals surface area contributed by atoms with E-state index < -0.39 is 9.84 Å². The van der Waals surface area contributed by atoms with E-state index in [1.165, 1.54) is 16.0 Å². The van der Waals surface area contributed by atoms with E-state index in [1.807, 2.05) is 19.0 Å². The summed E-state index contributed by atoms with van der Waals surface area (Å²) < 4.78 is 22.1. The van der Waals surface area contributed by atoms with E-state index >= 15 is 0 Å². The summed E-state index contributed by atoms with van der Waals surface area (Å²) in [4.78, 5) is 4.61. The van der Waals surface area contributed by atoms with Crippen molar-refractivity contribution >= 4 is 21.2 Å². The van der Waals surface area contributed by atoms with Crippen molar-refractivity contribution in [2.45, 2.75) is 13.1 Å². The minimum atomic E-state index is -2.86. The van der Waals surface area contributed by atoms with E-state index in [1.54, 1.807) is 11.3 Å². The summed E-state index contributed by atoms with van der Waals surface area (Å²) in [6.45, 7) is 2.28. The highest BCUT2D eigenvalue weighted by atomic mass is 32.2. The molecule has 4 nitrogen and oxygen atoms in total. The predicted molar refractivity (Wildman–Crippen MR) is 73.1 cm³/mol. The second-order valence-corrected chi connectivity index (χ2v) is 7.78. The number of hydrogen-bond donors (Lipinski definition) is 1. The smallest absolute Gasteiger partial charge is 0.148 e. The van der Waals surface area contributed by atoms with Crippen LogP contribution in [-0.4, -0.2) is 46.0 Å². The van der Waals surface area contributed by atoms with E-state index in [0.717, 1.165) is 13.1 Å². The third-order valence-electron chi connectivity index (χ3n) is 2.34. The lowest BCUT2D eigenvalue weighted by Gasteiger charge is -2.14. The summed E-state index contributed by atoms with van der Waals surface area (Å²) in [5, 5.41) is 3.11. The second kappa shape index (κ2) is 6.49. The van der Waals surface area contributed by atoms with Crippen LogP contribution in [0.5, 0.6) is 0 Å². The maximum Gasteiger partial charge on any atom is 0.148 e. The monoisotopic (exact) mass is 276 g/mol. The van der Waals surface area contributed by atoms with Gasteiger partial charge in [-0.2, -0.15) is 0 Å². The fourth-order valence-electron chi connectivity index (χ4n) is 1.44. The molecule has 1 aromatic rings. The topological polar surface area (TPSA) is 49.4 Å². The van der Waals surface area contributed by atoms with Gasteiger partial charge < -0.3 is 10.2 Å². The molecule has 1 heterocycles. The Morgan fingerprint density at radius 3 is 2.59 bits per heavy atom. The summed E-state index contributed by atoms with van der Waals surface area (Å²) in [5.41, 5.74) is 0. The Bertz CT molecular complexity index is 440. The third kappa shape index (κ3) is 6.16. The van der Waals surface area contributed by atoms with E-state index in [2.05, 4.69) is 17.4 Å². The number of sulfone groups is 1. The van der Waals surface area contributed by atoms with Gasteiger partial charge in [-0.15, -0.1) is 11.3 Å². The molecule has 0 amide bonds. The molecule has 0 aliphatic heterocycles. The maximum atomic E-state index is 11.0. The first kappa shape index (κ1) is 14.6. The molecule has 0 aromatic carbocycles. The van der Waals surface area contributed by atoms with Gasteiger partial charge in [0.1, 0.15) is 9.84 Å². The Kier molecular flexibility index (Phi) is 5.58. The number of nitrogens with zero attached hydrogens (tertiary/aromatic N) is 1. The average molecular weight is 276 g/mol. The molecule has 0 saturated carbocycles. The Hall–Kier alpha value is -0.430. The first-order chi connectivity index (χ1) is 7.90. The van der Waals surface area contributed by atoms with Crippen molar-refractivity contribution in [1.29, 1.82) is 0 Å². The van der Waals surface area contributed by atoms with E-state index in [4.69, 9.17) is 0 Å². The van der Waals surface area contributed by atoms with Gasteiger partial charge in [0.05, 0.1) is 5.75 Å². The zero-order valence-electron chi connectivity index (χ0n) is 10.6. The molecule has 0 fully saturated rings. The highest BCUT2D eigenvalue weighted by Gasteiger charge is 2.07. The van der Waals surface area contributed by atoms with Gasteiger partial charge in [0, 0.05) is 35.6 Å². The van der Waals surface area contributed by atoms with Crippen LogP contribution in [0.25, 0.3) is 0 Å². The van der Waals surface area contributed by atoms with Gasteiger partial charge in [-0.3, -0.25) is 0 Å². The first-order valence-corrected chi connectivity index (χ1v) is 8.37. The minimum absolute atomic E-state index is 0.220. The Balaban J connectivity index is 2.42. The largest absolute Gasteiger partial charge is 0.315 e. The van der Waals surface area contributed by atoms with Crippen LogP contribution in [-0.2, 0) is 22.9 Å². The quantitative estimate of drug-likeness (QED) is 0.805. The predicted octanol–water partition coefficient (Wildman–Crippen LogP) is 0.944. The van der Waals surface area contributed by atoms with Gasteiger partial charge in [0.25, 0.3) is 0 Å². The molecule has 0 saturated heterocycles. The van der Waals surface area contributed by atoms with Crippen molar-refractivity contribution in [1.82, 2.24) is 10.2 Å². The Morgan fingerprint density at radius 2 is 2.00 bits per heavy atom. The van der Waals surface area contributed by atoms with Crippen LogP contribution in [0.2, 0.25) is 0 Å². The van der Waals surface area contributed by atoms with Crippen molar-refractivity contribution in [3.8, 4) is 0 Å². The lowest BCUT2D eigenvalue weighted by atomic mass is 10.4. The summed E-state index contributed by atoms with van der Waals surface area (Å²) >= 11 is 1.77. The highest BCUT2D eigenvalue weighted by molar-refractivity contribution is 7.90. The van der Waals surface area contributed by atoms with Crippen LogP contribution in [0.3, 0.4) is 0 Å². The minimum Gasteiger partial charge on any atom is -0.315 e. The van der Waals surface area contributed by atoms with E-state index in [0.29, 0.717) is 6.54 Å². The lowest BCUT2D eigenvalue weighted by Crippen LogP contribution is -2.24. The van der Waals surface area contributed by atoms with Crippen molar-refractivity contribution in [2.75, 3.05) is 32.6 Å². The van der Waals surface area contributed by atoms with E-state index in [9.17, 15) is 8.42 Å². The molecule has 0 atom stereocenters. The van der Waals surface area contributed by atoms with Crippen molar-refractivity contribution in [3.63, 3.8) is 0 Å². The Morgan fingerprint density at radius 1 is 1.35 bits per heavy atom. The summed E-state index contributed by atoms with van der Waals surface area (Å²) in [6, 6.07) is 4.22. The number of hydrogen-bond acceptors (Lipinski definition) is 5. The molecular formula is C11H20N2O2S2. The molecule has 98 valence electrons. The zero-order chi connectivity index (χ0) is 12.9. The molecule has 1 aromatic heterocycles. The van der Waals surface area contributed by atoms with Crippen molar-refractivity contribution < 1.29 is 8.42 Å². The molecule has 0 radical (unpaired) electrons. The molecule has 6 heteroatoms.